The summed E-state index contributed by atoms with van der Waals surface area (Å²) in [6.45, 7) is 1.86. The maximum atomic E-state index is 12.8. The van der Waals surface area contributed by atoms with Gasteiger partial charge in [0.2, 0.25) is 0 Å². The molecule has 96 valence electrons. The van der Waals surface area contributed by atoms with E-state index in [9.17, 15) is 13.2 Å². The Balaban J connectivity index is 2.44. The van der Waals surface area contributed by atoms with E-state index in [0.717, 1.165) is 22.5 Å². The molecule has 0 bridgehead atoms. The Morgan fingerprint density at radius 1 is 0.895 bits per heavy atom. The molecule has 0 spiro atoms. The predicted molar refractivity (Wildman–Crippen MR) is 69.0 cm³/mol. The second-order valence-corrected chi connectivity index (χ2v) is 4.47. The average molecular weight is 261 g/mol. The van der Waals surface area contributed by atoms with E-state index in [0.29, 0.717) is 10.9 Å². The van der Waals surface area contributed by atoms with E-state index in [-0.39, 0.29) is 0 Å². The lowest BCUT2D eigenvalue weighted by Gasteiger charge is -2.10. The Morgan fingerprint density at radius 2 is 1.58 bits per heavy atom. The summed E-state index contributed by atoms with van der Waals surface area (Å²) < 4.78 is 38.3. The van der Waals surface area contributed by atoms with Gasteiger partial charge in [-0.1, -0.05) is 24.3 Å². The van der Waals surface area contributed by atoms with E-state index in [4.69, 9.17) is 0 Å². The zero-order chi connectivity index (χ0) is 13.6. The van der Waals surface area contributed by atoms with Gasteiger partial charge in [-0.15, -0.1) is 0 Å². The van der Waals surface area contributed by atoms with Crippen molar-refractivity contribution in [3.63, 3.8) is 0 Å². The summed E-state index contributed by atoms with van der Waals surface area (Å²) in [4.78, 5) is 4.36. The van der Waals surface area contributed by atoms with Crippen LogP contribution in [0.4, 0.5) is 13.2 Å². The summed E-state index contributed by atoms with van der Waals surface area (Å²) in [5.41, 5.74) is 0.767. The van der Waals surface area contributed by atoms with E-state index >= 15 is 0 Å². The molecule has 1 heterocycles. The van der Waals surface area contributed by atoms with Crippen molar-refractivity contribution in [1.82, 2.24) is 4.98 Å². The summed E-state index contributed by atoms with van der Waals surface area (Å²) in [7, 11) is 0. The van der Waals surface area contributed by atoms with Gasteiger partial charge in [-0.05, 0) is 30.5 Å². The van der Waals surface area contributed by atoms with Crippen molar-refractivity contribution in [3.8, 4) is 0 Å². The van der Waals surface area contributed by atoms with Crippen LogP contribution in [-0.4, -0.2) is 4.98 Å². The van der Waals surface area contributed by atoms with E-state index in [2.05, 4.69) is 4.98 Å². The number of alkyl halides is 3. The van der Waals surface area contributed by atoms with Crippen molar-refractivity contribution >= 4 is 21.7 Å². The number of aromatic nitrogens is 1. The molecular weight excluding hydrogens is 251 g/mol. The van der Waals surface area contributed by atoms with Crippen LogP contribution in [0.1, 0.15) is 11.3 Å². The zero-order valence-corrected chi connectivity index (χ0v) is 10.1. The normalized spacial score (nSPS) is 12.2. The van der Waals surface area contributed by atoms with E-state index in [1.54, 1.807) is 0 Å². The van der Waals surface area contributed by atoms with Crippen molar-refractivity contribution in [3.05, 3.63) is 53.7 Å². The van der Waals surface area contributed by atoms with Gasteiger partial charge in [-0.3, -0.25) is 4.98 Å². The fourth-order valence-electron chi connectivity index (χ4n) is 2.30. The Kier molecular flexibility index (Phi) is 2.49. The lowest BCUT2D eigenvalue weighted by Crippen LogP contribution is -2.04. The summed E-state index contributed by atoms with van der Waals surface area (Å²) >= 11 is 0. The second-order valence-electron chi connectivity index (χ2n) is 4.47. The largest absolute Gasteiger partial charge is 0.416 e. The van der Waals surface area contributed by atoms with Crippen LogP contribution < -0.4 is 0 Å². The minimum Gasteiger partial charge on any atom is -0.252 e. The summed E-state index contributed by atoms with van der Waals surface area (Å²) in [6.07, 6.45) is -4.33. The van der Waals surface area contributed by atoms with Crippen molar-refractivity contribution < 1.29 is 13.2 Å². The Bertz CT molecular complexity index is 775. The van der Waals surface area contributed by atoms with Crippen molar-refractivity contribution in [1.29, 1.82) is 0 Å². The average Bonchev–Trinajstić information content (AvgIpc) is 2.37. The Hall–Kier alpha value is -2.10. The monoisotopic (exact) mass is 261 g/mol. The van der Waals surface area contributed by atoms with Gasteiger partial charge in [0, 0.05) is 16.5 Å². The van der Waals surface area contributed by atoms with Gasteiger partial charge in [0.25, 0.3) is 0 Å². The van der Waals surface area contributed by atoms with E-state index in [1.807, 2.05) is 31.2 Å². The smallest absolute Gasteiger partial charge is 0.252 e. The molecule has 0 N–H and O–H groups in total. The molecule has 0 aliphatic rings. The molecule has 0 fully saturated rings. The second kappa shape index (κ2) is 3.95. The van der Waals surface area contributed by atoms with Crippen LogP contribution in [0.3, 0.4) is 0 Å². The maximum Gasteiger partial charge on any atom is 0.416 e. The van der Waals surface area contributed by atoms with Crippen LogP contribution in [0.5, 0.6) is 0 Å². The minimum atomic E-state index is -4.33. The molecule has 0 unspecified atom stereocenters. The van der Waals surface area contributed by atoms with Crippen molar-refractivity contribution in [2.45, 2.75) is 13.1 Å². The van der Waals surface area contributed by atoms with Gasteiger partial charge in [0.05, 0.1) is 11.1 Å². The molecule has 0 saturated carbocycles. The molecule has 0 amide bonds. The minimum absolute atomic E-state index is 0.538. The summed E-state index contributed by atoms with van der Waals surface area (Å²) in [5.74, 6) is 0. The lowest BCUT2D eigenvalue weighted by atomic mass is 10.0. The maximum absolute atomic E-state index is 12.8. The highest BCUT2D eigenvalue weighted by atomic mass is 19.4. The standard InChI is InChI=1S/C15H10F3N/c1-9-11-4-2-3-5-12(11)13-8-10(15(16,17)18)6-7-14(13)19-9/h2-8H,1H3. The molecule has 0 saturated heterocycles. The molecule has 0 radical (unpaired) electrons. The van der Waals surface area contributed by atoms with Crippen LogP contribution in [-0.2, 0) is 6.18 Å². The lowest BCUT2D eigenvalue weighted by molar-refractivity contribution is -0.137. The van der Waals surface area contributed by atoms with Gasteiger partial charge < -0.3 is 0 Å². The predicted octanol–water partition coefficient (Wildman–Crippen LogP) is 4.72. The summed E-state index contributed by atoms with van der Waals surface area (Å²) in [6, 6.07) is 11.0. The summed E-state index contributed by atoms with van der Waals surface area (Å²) in [5, 5.41) is 2.22. The molecule has 2 aromatic carbocycles. The highest BCUT2D eigenvalue weighted by Crippen LogP contribution is 2.33. The van der Waals surface area contributed by atoms with Gasteiger partial charge >= 0.3 is 6.18 Å². The van der Waals surface area contributed by atoms with Crippen molar-refractivity contribution in [2.24, 2.45) is 0 Å². The first-order valence-corrected chi connectivity index (χ1v) is 5.83. The van der Waals surface area contributed by atoms with Crippen LogP contribution in [0.15, 0.2) is 42.5 Å². The fourth-order valence-corrected chi connectivity index (χ4v) is 2.30. The van der Waals surface area contributed by atoms with Crippen LogP contribution in [0.2, 0.25) is 0 Å². The number of hydrogen-bond donors (Lipinski definition) is 0. The Labute approximate surface area is 107 Å². The van der Waals surface area contributed by atoms with Gasteiger partial charge in [0.1, 0.15) is 0 Å². The van der Waals surface area contributed by atoms with Crippen LogP contribution in [0, 0.1) is 6.92 Å². The van der Waals surface area contributed by atoms with Gasteiger partial charge in [0.15, 0.2) is 0 Å². The van der Waals surface area contributed by atoms with Crippen molar-refractivity contribution in [2.75, 3.05) is 0 Å². The molecule has 19 heavy (non-hydrogen) atoms. The SMILES string of the molecule is Cc1nc2ccc(C(F)(F)F)cc2c2ccccc12. The number of benzene rings is 2. The van der Waals surface area contributed by atoms with Gasteiger partial charge in [-0.25, -0.2) is 0 Å². The van der Waals surface area contributed by atoms with Crippen LogP contribution in [0.25, 0.3) is 21.7 Å². The first-order chi connectivity index (χ1) is 8.97. The number of fused-ring (bicyclic) bond motifs is 3. The molecule has 1 nitrogen and oxygen atoms in total. The molecule has 1 aromatic heterocycles. The molecule has 4 heteroatoms. The Morgan fingerprint density at radius 3 is 2.26 bits per heavy atom. The fraction of sp³-hybridized carbons (Fsp3) is 0.133. The van der Waals surface area contributed by atoms with Crippen LogP contribution >= 0.6 is 0 Å². The zero-order valence-electron chi connectivity index (χ0n) is 10.1. The molecule has 0 aliphatic carbocycles. The van der Waals surface area contributed by atoms with E-state index < -0.39 is 11.7 Å². The third-order valence-corrected chi connectivity index (χ3v) is 3.22. The highest BCUT2D eigenvalue weighted by Gasteiger charge is 2.30. The number of halogens is 3. The third-order valence-electron chi connectivity index (χ3n) is 3.22. The number of hydrogen-bond acceptors (Lipinski definition) is 1. The molecule has 3 aromatic rings. The highest BCUT2D eigenvalue weighted by molar-refractivity contribution is 6.06. The number of nitrogens with zero attached hydrogens (tertiary/aromatic N) is 1. The number of rotatable bonds is 0. The molecule has 0 atom stereocenters. The third kappa shape index (κ3) is 1.93. The number of pyridine rings is 1. The number of aryl methyl sites for hydroxylation is 1. The molecular formula is C15H10F3N. The topological polar surface area (TPSA) is 12.9 Å². The first-order valence-electron chi connectivity index (χ1n) is 5.83. The quantitative estimate of drug-likeness (QED) is 0.534. The van der Waals surface area contributed by atoms with Gasteiger partial charge in [-0.2, -0.15) is 13.2 Å². The first kappa shape index (κ1) is 12.0. The molecule has 3 rings (SSSR count). The molecule has 0 aliphatic heterocycles. The van der Waals surface area contributed by atoms with E-state index in [1.165, 1.54) is 12.1 Å².